The second-order valence-electron chi connectivity index (χ2n) is 5.72. The average Bonchev–Trinajstić information content (AvgIpc) is 3.01. The Labute approximate surface area is 103 Å². The average molecular weight is 240 g/mol. The number of hydrogen-bond acceptors (Lipinski definition) is 3. The van der Waals surface area contributed by atoms with E-state index in [4.69, 9.17) is 10.5 Å². The van der Waals surface area contributed by atoms with Crippen LogP contribution in [0.4, 0.5) is 0 Å². The Hall–Kier alpha value is -0.610. The molecule has 0 aromatic rings. The van der Waals surface area contributed by atoms with E-state index in [-0.39, 0.29) is 17.9 Å². The first-order chi connectivity index (χ1) is 8.09. The lowest BCUT2D eigenvalue weighted by molar-refractivity contribution is -0.134. The smallest absolute Gasteiger partial charge is 0.240 e. The number of amides is 1. The molecule has 1 aliphatic carbocycles. The molecule has 1 saturated carbocycles. The number of hydrogen-bond donors (Lipinski definition) is 1. The Kier molecular flexibility index (Phi) is 4.05. The van der Waals surface area contributed by atoms with Crippen molar-refractivity contribution in [3.8, 4) is 0 Å². The Bertz CT molecular complexity index is 271. The van der Waals surface area contributed by atoms with Gasteiger partial charge in [0.2, 0.25) is 5.91 Å². The van der Waals surface area contributed by atoms with E-state index in [0.717, 1.165) is 39.0 Å². The number of rotatable bonds is 5. The van der Waals surface area contributed by atoms with Crippen molar-refractivity contribution in [2.45, 2.75) is 45.2 Å². The summed E-state index contributed by atoms with van der Waals surface area (Å²) < 4.78 is 5.38. The van der Waals surface area contributed by atoms with E-state index in [1.807, 2.05) is 18.7 Å². The van der Waals surface area contributed by atoms with Crippen LogP contribution in [0.1, 0.15) is 33.1 Å². The number of ether oxygens (including phenoxy) is 1. The zero-order valence-electron chi connectivity index (χ0n) is 10.9. The summed E-state index contributed by atoms with van der Waals surface area (Å²) in [6.07, 6.45) is 3.36. The highest BCUT2D eigenvalue weighted by atomic mass is 16.5. The van der Waals surface area contributed by atoms with Gasteiger partial charge in [0.05, 0.1) is 12.6 Å². The second-order valence-corrected chi connectivity index (χ2v) is 5.72. The molecule has 2 aliphatic rings. The summed E-state index contributed by atoms with van der Waals surface area (Å²) in [5.41, 5.74) is 5.98. The van der Waals surface area contributed by atoms with Gasteiger partial charge in [-0.3, -0.25) is 4.79 Å². The number of nitrogens with zero attached hydrogens (tertiary/aromatic N) is 1. The topological polar surface area (TPSA) is 55.6 Å². The van der Waals surface area contributed by atoms with Crippen molar-refractivity contribution in [3.05, 3.63) is 0 Å². The van der Waals surface area contributed by atoms with Gasteiger partial charge in [-0.2, -0.15) is 0 Å². The molecule has 2 rings (SSSR count). The van der Waals surface area contributed by atoms with E-state index >= 15 is 0 Å². The van der Waals surface area contributed by atoms with Gasteiger partial charge in [-0.05, 0) is 25.2 Å². The summed E-state index contributed by atoms with van der Waals surface area (Å²) in [6.45, 7) is 6.49. The first kappa shape index (κ1) is 12.8. The molecule has 4 heteroatoms. The minimum Gasteiger partial charge on any atom is -0.381 e. The number of nitrogens with two attached hydrogens (primary N) is 1. The lowest BCUT2D eigenvalue weighted by Crippen LogP contribution is -2.49. The van der Waals surface area contributed by atoms with Crippen molar-refractivity contribution in [1.82, 2.24) is 4.90 Å². The molecule has 0 radical (unpaired) electrons. The normalized spacial score (nSPS) is 26.2. The third kappa shape index (κ3) is 3.19. The van der Waals surface area contributed by atoms with Gasteiger partial charge in [0.1, 0.15) is 0 Å². The number of carbonyl (C=O) groups is 1. The van der Waals surface area contributed by atoms with Crippen molar-refractivity contribution < 1.29 is 9.53 Å². The third-order valence-electron chi connectivity index (χ3n) is 3.75. The summed E-state index contributed by atoms with van der Waals surface area (Å²) in [5.74, 6) is 0.858. The quantitative estimate of drug-likeness (QED) is 0.780. The summed E-state index contributed by atoms with van der Waals surface area (Å²) >= 11 is 0. The van der Waals surface area contributed by atoms with Crippen molar-refractivity contribution in [2.75, 3.05) is 19.8 Å². The van der Waals surface area contributed by atoms with E-state index in [1.165, 1.54) is 0 Å². The zero-order chi connectivity index (χ0) is 12.4. The van der Waals surface area contributed by atoms with Crippen molar-refractivity contribution >= 4 is 5.91 Å². The fourth-order valence-electron chi connectivity index (χ4n) is 2.29. The van der Waals surface area contributed by atoms with Crippen LogP contribution in [-0.2, 0) is 9.53 Å². The van der Waals surface area contributed by atoms with E-state index in [1.54, 1.807) is 0 Å². The van der Waals surface area contributed by atoms with Crippen molar-refractivity contribution in [3.63, 3.8) is 0 Å². The molecule has 1 saturated heterocycles. The summed E-state index contributed by atoms with van der Waals surface area (Å²) in [6, 6.07) is 0.103. The molecule has 4 nitrogen and oxygen atoms in total. The molecule has 2 fully saturated rings. The maximum atomic E-state index is 12.3. The maximum Gasteiger partial charge on any atom is 0.240 e. The summed E-state index contributed by atoms with van der Waals surface area (Å²) in [5, 5.41) is 0. The molecule has 2 atom stereocenters. The molecular weight excluding hydrogens is 216 g/mol. The van der Waals surface area contributed by atoms with Gasteiger partial charge in [0, 0.05) is 25.1 Å². The highest BCUT2D eigenvalue weighted by molar-refractivity contribution is 5.82. The highest BCUT2D eigenvalue weighted by Gasteiger charge is 2.37. The summed E-state index contributed by atoms with van der Waals surface area (Å²) in [4.78, 5) is 14.3. The highest BCUT2D eigenvalue weighted by Crippen LogP contribution is 2.29. The first-order valence-electron chi connectivity index (χ1n) is 6.73. The van der Waals surface area contributed by atoms with E-state index in [0.29, 0.717) is 12.0 Å². The van der Waals surface area contributed by atoms with Crippen molar-refractivity contribution in [2.24, 2.45) is 17.6 Å². The molecule has 1 unspecified atom stereocenters. The van der Waals surface area contributed by atoms with Gasteiger partial charge in [0.15, 0.2) is 0 Å². The molecule has 1 heterocycles. The standard InChI is InChI=1S/C13H24N2O2/c1-9(2)12(14)13(16)15(11-3-4-11)7-10-5-6-17-8-10/h9-12H,3-8,14H2,1-2H3/t10?,12-/m0/s1. The van der Waals surface area contributed by atoms with Crippen LogP contribution in [0.3, 0.4) is 0 Å². The van der Waals surface area contributed by atoms with Crippen LogP contribution in [0.2, 0.25) is 0 Å². The van der Waals surface area contributed by atoms with Crippen LogP contribution in [0.15, 0.2) is 0 Å². The molecule has 17 heavy (non-hydrogen) atoms. The molecule has 0 aromatic heterocycles. The van der Waals surface area contributed by atoms with E-state index < -0.39 is 0 Å². The molecule has 98 valence electrons. The van der Waals surface area contributed by atoms with Crippen LogP contribution in [0.5, 0.6) is 0 Å². The fourth-order valence-corrected chi connectivity index (χ4v) is 2.29. The fraction of sp³-hybridized carbons (Fsp3) is 0.923. The predicted octanol–water partition coefficient (Wildman–Crippen LogP) is 0.997. The molecule has 1 amide bonds. The number of carbonyl (C=O) groups excluding carboxylic acids is 1. The van der Waals surface area contributed by atoms with Gasteiger partial charge in [-0.1, -0.05) is 13.8 Å². The third-order valence-corrected chi connectivity index (χ3v) is 3.75. The molecule has 0 spiro atoms. The van der Waals surface area contributed by atoms with E-state index in [2.05, 4.69) is 0 Å². The lowest BCUT2D eigenvalue weighted by atomic mass is 10.0. The van der Waals surface area contributed by atoms with Gasteiger partial charge in [0.25, 0.3) is 0 Å². The van der Waals surface area contributed by atoms with Crippen LogP contribution in [-0.4, -0.2) is 42.6 Å². The SMILES string of the molecule is CC(C)[C@H](N)C(=O)N(CC1CCOC1)C1CC1. The molecule has 2 N–H and O–H groups in total. The molecular formula is C13H24N2O2. The molecule has 1 aliphatic heterocycles. The maximum absolute atomic E-state index is 12.3. The first-order valence-corrected chi connectivity index (χ1v) is 6.73. The van der Waals surface area contributed by atoms with Crippen LogP contribution >= 0.6 is 0 Å². The Morgan fingerprint density at radius 1 is 1.41 bits per heavy atom. The zero-order valence-corrected chi connectivity index (χ0v) is 10.9. The predicted molar refractivity (Wildman–Crippen MR) is 66.5 cm³/mol. The lowest BCUT2D eigenvalue weighted by Gasteiger charge is -2.29. The van der Waals surface area contributed by atoms with Crippen molar-refractivity contribution in [1.29, 1.82) is 0 Å². The Balaban J connectivity index is 1.93. The van der Waals surface area contributed by atoms with Crippen LogP contribution < -0.4 is 5.73 Å². The van der Waals surface area contributed by atoms with Crippen LogP contribution in [0.25, 0.3) is 0 Å². The van der Waals surface area contributed by atoms with Gasteiger partial charge in [-0.25, -0.2) is 0 Å². The van der Waals surface area contributed by atoms with Gasteiger partial charge in [-0.15, -0.1) is 0 Å². The Morgan fingerprint density at radius 2 is 2.12 bits per heavy atom. The molecule has 0 aromatic carbocycles. The molecule has 0 bridgehead atoms. The minimum absolute atomic E-state index is 0.134. The summed E-state index contributed by atoms with van der Waals surface area (Å²) in [7, 11) is 0. The van der Waals surface area contributed by atoms with Crippen LogP contribution in [0, 0.1) is 11.8 Å². The largest absolute Gasteiger partial charge is 0.381 e. The second kappa shape index (κ2) is 5.36. The van der Waals surface area contributed by atoms with Gasteiger partial charge >= 0.3 is 0 Å². The van der Waals surface area contributed by atoms with Gasteiger partial charge < -0.3 is 15.4 Å². The van der Waals surface area contributed by atoms with E-state index in [9.17, 15) is 4.79 Å². The Morgan fingerprint density at radius 3 is 2.59 bits per heavy atom. The minimum atomic E-state index is -0.349. The monoisotopic (exact) mass is 240 g/mol.